The molecule has 0 spiro atoms. The third-order valence-electron chi connectivity index (χ3n) is 3.33. The van der Waals surface area contributed by atoms with E-state index in [1.165, 1.54) is 22.3 Å². The molecule has 0 saturated carbocycles. The second-order valence-electron chi connectivity index (χ2n) is 4.71. The average molecular weight is 337 g/mol. The van der Waals surface area contributed by atoms with Crippen LogP contribution in [0.1, 0.15) is 0 Å². The Morgan fingerprint density at radius 2 is 2.00 bits per heavy atom. The Kier molecular flexibility index (Phi) is 4.87. The first kappa shape index (κ1) is 16.2. The van der Waals surface area contributed by atoms with Crippen molar-refractivity contribution >= 4 is 27.6 Å². The fourth-order valence-corrected chi connectivity index (χ4v) is 3.88. The molecule has 0 aromatic carbocycles. The van der Waals surface area contributed by atoms with Gasteiger partial charge in [0.1, 0.15) is 5.15 Å². The Morgan fingerprint density at radius 1 is 1.38 bits per heavy atom. The lowest BCUT2D eigenvalue weighted by Crippen LogP contribution is -2.50. The highest BCUT2D eigenvalue weighted by molar-refractivity contribution is 7.89. The van der Waals surface area contributed by atoms with E-state index in [1.807, 2.05) is 4.90 Å². The lowest BCUT2D eigenvalue weighted by atomic mass is 10.3. The van der Waals surface area contributed by atoms with Crippen LogP contribution >= 0.6 is 11.6 Å². The number of esters is 1. The van der Waals surface area contributed by atoms with E-state index in [0.29, 0.717) is 13.1 Å². The second-order valence-corrected chi connectivity index (χ2v) is 6.92. The third-order valence-corrected chi connectivity index (χ3v) is 5.72. The standard InChI is InChI=1S/C11H17ClN4O4S/c1-14-8-13-11(10(14)12)21(18,19)16-5-3-15(4-6-16)7-9(17)20-2/h8H,3-7H2,1-2H3. The van der Waals surface area contributed by atoms with Gasteiger partial charge in [-0.2, -0.15) is 4.31 Å². The Bertz CT molecular complexity index is 622. The number of hydrogen-bond acceptors (Lipinski definition) is 6. The summed E-state index contributed by atoms with van der Waals surface area (Å²) in [4.78, 5) is 16.9. The van der Waals surface area contributed by atoms with Crippen LogP contribution in [-0.4, -0.2) is 73.0 Å². The molecule has 0 aliphatic carbocycles. The largest absolute Gasteiger partial charge is 0.468 e. The fourth-order valence-electron chi connectivity index (χ4n) is 2.06. The lowest BCUT2D eigenvalue weighted by Gasteiger charge is -2.32. The molecular formula is C11H17ClN4O4S. The van der Waals surface area contributed by atoms with E-state index in [1.54, 1.807) is 7.05 Å². The van der Waals surface area contributed by atoms with E-state index in [9.17, 15) is 13.2 Å². The number of carbonyl (C=O) groups excluding carboxylic acids is 1. The summed E-state index contributed by atoms with van der Waals surface area (Å²) in [5, 5.41) is -0.0416. The number of aromatic nitrogens is 2. The van der Waals surface area contributed by atoms with Crippen molar-refractivity contribution in [1.82, 2.24) is 18.8 Å². The van der Waals surface area contributed by atoms with Gasteiger partial charge in [0.15, 0.2) is 0 Å². The van der Waals surface area contributed by atoms with Gasteiger partial charge in [-0.05, 0) is 0 Å². The number of halogens is 1. The summed E-state index contributed by atoms with van der Waals surface area (Å²) in [5.74, 6) is -0.334. The minimum Gasteiger partial charge on any atom is -0.468 e. The highest BCUT2D eigenvalue weighted by atomic mass is 35.5. The molecule has 2 heterocycles. The molecule has 0 N–H and O–H groups in total. The van der Waals surface area contributed by atoms with Crippen LogP contribution in [0.25, 0.3) is 0 Å². The molecule has 10 heteroatoms. The van der Waals surface area contributed by atoms with Gasteiger partial charge >= 0.3 is 5.97 Å². The minimum absolute atomic E-state index is 0.0898. The van der Waals surface area contributed by atoms with Crippen LogP contribution in [0, 0.1) is 0 Å². The van der Waals surface area contributed by atoms with Gasteiger partial charge in [-0.3, -0.25) is 9.69 Å². The van der Waals surface area contributed by atoms with Gasteiger partial charge in [-0.15, -0.1) is 0 Å². The van der Waals surface area contributed by atoms with Gasteiger partial charge in [0.05, 0.1) is 20.0 Å². The van der Waals surface area contributed by atoms with Gasteiger partial charge in [0.25, 0.3) is 10.0 Å². The van der Waals surface area contributed by atoms with Gasteiger partial charge in [-0.1, -0.05) is 11.6 Å². The van der Waals surface area contributed by atoms with Gasteiger partial charge in [0.2, 0.25) is 5.03 Å². The normalized spacial score (nSPS) is 17.9. The number of rotatable bonds is 4. The number of aryl methyl sites for hydroxylation is 1. The molecule has 1 aromatic heterocycles. The van der Waals surface area contributed by atoms with Gasteiger partial charge in [0, 0.05) is 33.2 Å². The second kappa shape index (κ2) is 6.30. The Labute approximate surface area is 128 Å². The van der Waals surface area contributed by atoms with Crippen molar-refractivity contribution in [2.24, 2.45) is 7.05 Å². The maximum Gasteiger partial charge on any atom is 0.319 e. The summed E-state index contributed by atoms with van der Waals surface area (Å²) in [6, 6.07) is 0. The third kappa shape index (κ3) is 3.37. The maximum atomic E-state index is 12.5. The number of carbonyl (C=O) groups is 1. The lowest BCUT2D eigenvalue weighted by molar-refractivity contribution is -0.142. The molecule has 1 aromatic rings. The molecule has 0 atom stereocenters. The molecule has 0 amide bonds. The topological polar surface area (TPSA) is 84.7 Å². The monoisotopic (exact) mass is 336 g/mol. The zero-order valence-corrected chi connectivity index (χ0v) is 13.4. The molecule has 1 aliphatic rings. The van der Waals surface area contributed by atoms with Crippen LogP contribution in [0.4, 0.5) is 0 Å². The number of sulfonamides is 1. The Morgan fingerprint density at radius 3 is 2.48 bits per heavy atom. The quantitative estimate of drug-likeness (QED) is 0.693. The van der Waals surface area contributed by atoms with Crippen LogP contribution in [0.2, 0.25) is 5.15 Å². The van der Waals surface area contributed by atoms with Crippen molar-refractivity contribution in [2.75, 3.05) is 39.8 Å². The summed E-state index contributed by atoms with van der Waals surface area (Å²) in [5.41, 5.74) is 0. The van der Waals surface area contributed by atoms with Crippen LogP contribution in [0.5, 0.6) is 0 Å². The molecule has 21 heavy (non-hydrogen) atoms. The Balaban J connectivity index is 2.05. The number of hydrogen-bond donors (Lipinski definition) is 0. The van der Waals surface area contributed by atoms with Crippen molar-refractivity contribution in [3.05, 3.63) is 11.5 Å². The van der Waals surface area contributed by atoms with Crippen molar-refractivity contribution in [1.29, 1.82) is 0 Å². The van der Waals surface area contributed by atoms with Crippen molar-refractivity contribution in [3.8, 4) is 0 Å². The minimum atomic E-state index is -3.70. The molecule has 1 fully saturated rings. The van der Waals surface area contributed by atoms with Crippen LogP contribution in [0.15, 0.2) is 11.4 Å². The molecule has 1 saturated heterocycles. The summed E-state index contributed by atoms with van der Waals surface area (Å²) in [6.07, 6.45) is 1.36. The summed E-state index contributed by atoms with van der Waals surface area (Å²) < 4.78 is 32.3. The van der Waals surface area contributed by atoms with Gasteiger partial charge < -0.3 is 9.30 Å². The van der Waals surface area contributed by atoms with Crippen molar-refractivity contribution < 1.29 is 17.9 Å². The number of imidazole rings is 1. The van der Waals surface area contributed by atoms with E-state index in [0.717, 1.165) is 0 Å². The van der Waals surface area contributed by atoms with E-state index in [-0.39, 0.29) is 35.8 Å². The van der Waals surface area contributed by atoms with E-state index >= 15 is 0 Å². The van der Waals surface area contributed by atoms with Crippen LogP contribution in [0.3, 0.4) is 0 Å². The zero-order valence-electron chi connectivity index (χ0n) is 11.8. The number of methoxy groups -OCH3 is 1. The number of piperazine rings is 1. The number of ether oxygens (including phenoxy) is 1. The summed E-state index contributed by atoms with van der Waals surface area (Å²) >= 11 is 5.95. The molecule has 8 nitrogen and oxygen atoms in total. The van der Waals surface area contributed by atoms with E-state index in [4.69, 9.17) is 11.6 Å². The molecule has 118 valence electrons. The average Bonchev–Trinajstić information content (AvgIpc) is 2.80. The fraction of sp³-hybridized carbons (Fsp3) is 0.636. The van der Waals surface area contributed by atoms with Crippen molar-refractivity contribution in [3.63, 3.8) is 0 Å². The molecular weight excluding hydrogens is 320 g/mol. The molecule has 0 unspecified atom stereocenters. The SMILES string of the molecule is COC(=O)CN1CCN(S(=O)(=O)c2ncn(C)c2Cl)CC1. The first-order valence-corrected chi connectivity index (χ1v) is 8.14. The predicted molar refractivity (Wildman–Crippen MR) is 75.4 cm³/mol. The summed E-state index contributed by atoms with van der Waals surface area (Å²) in [6.45, 7) is 1.64. The molecule has 1 aliphatic heterocycles. The number of nitrogens with zero attached hydrogens (tertiary/aromatic N) is 4. The van der Waals surface area contributed by atoms with E-state index < -0.39 is 10.0 Å². The van der Waals surface area contributed by atoms with Crippen LogP contribution in [-0.2, 0) is 26.6 Å². The summed E-state index contributed by atoms with van der Waals surface area (Å²) in [7, 11) is -0.750. The maximum absolute atomic E-state index is 12.5. The zero-order chi connectivity index (χ0) is 15.6. The van der Waals surface area contributed by atoms with Crippen molar-refractivity contribution in [2.45, 2.75) is 5.03 Å². The highest BCUT2D eigenvalue weighted by Crippen LogP contribution is 2.23. The highest BCUT2D eigenvalue weighted by Gasteiger charge is 2.32. The van der Waals surface area contributed by atoms with Crippen LogP contribution < -0.4 is 0 Å². The predicted octanol–water partition coefficient (Wildman–Crippen LogP) is -0.447. The van der Waals surface area contributed by atoms with E-state index in [2.05, 4.69) is 9.72 Å². The first-order chi connectivity index (χ1) is 9.86. The smallest absolute Gasteiger partial charge is 0.319 e. The first-order valence-electron chi connectivity index (χ1n) is 6.32. The Hall–Kier alpha value is -1.16. The molecule has 0 radical (unpaired) electrons. The molecule has 2 rings (SSSR count). The molecule has 0 bridgehead atoms. The van der Waals surface area contributed by atoms with Gasteiger partial charge in [-0.25, -0.2) is 13.4 Å².